The fourth-order valence-electron chi connectivity index (χ4n) is 3.11. The first kappa shape index (κ1) is 19.9. The van der Waals surface area contributed by atoms with E-state index in [0.717, 1.165) is 28.7 Å². The first-order chi connectivity index (χ1) is 12.1. The van der Waals surface area contributed by atoms with Crippen LogP contribution in [-0.4, -0.2) is 11.8 Å². The fraction of sp³-hybridized carbons (Fsp3) is 0.391. The van der Waals surface area contributed by atoms with Crippen molar-refractivity contribution in [1.29, 1.82) is 0 Å². The smallest absolute Gasteiger partial charge is 0.308 e. The number of benzene rings is 2. The van der Waals surface area contributed by atoms with Crippen molar-refractivity contribution in [2.75, 3.05) is 0 Å². The molecule has 0 atom stereocenters. The van der Waals surface area contributed by atoms with Crippen LogP contribution < -0.4 is 4.74 Å². The molecule has 0 aliphatic heterocycles. The van der Waals surface area contributed by atoms with Crippen LogP contribution in [-0.2, 0) is 16.6 Å². The minimum atomic E-state index is -0.304. The van der Waals surface area contributed by atoms with Gasteiger partial charge >= 0.3 is 5.97 Å². The van der Waals surface area contributed by atoms with Crippen LogP contribution in [0.1, 0.15) is 68.6 Å². The van der Waals surface area contributed by atoms with Crippen molar-refractivity contribution in [2.45, 2.75) is 53.4 Å². The molecule has 26 heavy (non-hydrogen) atoms. The zero-order valence-electron chi connectivity index (χ0n) is 16.6. The molecule has 0 bridgehead atoms. The maximum Gasteiger partial charge on any atom is 0.308 e. The van der Waals surface area contributed by atoms with Crippen LogP contribution in [0.15, 0.2) is 42.5 Å². The maximum atomic E-state index is 11.5. The molecule has 3 heteroatoms. The minimum absolute atomic E-state index is 0.0688. The number of ketones is 1. The third-order valence-corrected chi connectivity index (χ3v) is 4.68. The SMILES string of the molecule is CC(=O)Oc1ccc(C(C)(C)c2ccc(C(C)=O)cc2)cc1CC(C)C. The van der Waals surface area contributed by atoms with Crippen molar-refractivity contribution in [1.82, 2.24) is 0 Å². The second-order valence-electron chi connectivity index (χ2n) is 7.77. The van der Waals surface area contributed by atoms with Crippen molar-refractivity contribution in [3.63, 3.8) is 0 Å². The number of rotatable bonds is 6. The first-order valence-corrected chi connectivity index (χ1v) is 9.04. The maximum absolute atomic E-state index is 11.5. The summed E-state index contributed by atoms with van der Waals surface area (Å²) in [7, 11) is 0. The zero-order chi connectivity index (χ0) is 19.5. The van der Waals surface area contributed by atoms with Gasteiger partial charge in [0.15, 0.2) is 5.78 Å². The van der Waals surface area contributed by atoms with E-state index in [-0.39, 0.29) is 17.2 Å². The largest absolute Gasteiger partial charge is 0.426 e. The lowest BCUT2D eigenvalue weighted by Gasteiger charge is -2.27. The van der Waals surface area contributed by atoms with Crippen molar-refractivity contribution in [2.24, 2.45) is 5.92 Å². The Bertz CT molecular complexity index is 799. The Morgan fingerprint density at radius 1 is 0.962 bits per heavy atom. The van der Waals surface area contributed by atoms with Crippen molar-refractivity contribution in [3.8, 4) is 5.75 Å². The molecule has 0 N–H and O–H groups in total. The predicted molar refractivity (Wildman–Crippen MR) is 105 cm³/mol. The number of carbonyl (C=O) groups is 2. The van der Waals surface area contributed by atoms with Crippen LogP contribution in [0.25, 0.3) is 0 Å². The summed E-state index contributed by atoms with van der Waals surface area (Å²) in [5.74, 6) is 0.858. The molecule has 0 fully saturated rings. The van der Waals surface area contributed by atoms with E-state index in [9.17, 15) is 9.59 Å². The molecule has 0 heterocycles. The Morgan fingerprint density at radius 3 is 2.04 bits per heavy atom. The van der Waals surface area contributed by atoms with Gasteiger partial charge in [-0.05, 0) is 42.0 Å². The molecule has 0 radical (unpaired) electrons. The Morgan fingerprint density at radius 2 is 1.54 bits per heavy atom. The average molecular weight is 352 g/mol. The van der Waals surface area contributed by atoms with Gasteiger partial charge in [-0.15, -0.1) is 0 Å². The number of hydrogen-bond acceptors (Lipinski definition) is 3. The molecule has 0 unspecified atom stereocenters. The Kier molecular flexibility index (Phi) is 6.01. The third kappa shape index (κ3) is 4.60. The summed E-state index contributed by atoms with van der Waals surface area (Å²) in [6.45, 7) is 11.6. The van der Waals surface area contributed by atoms with Gasteiger partial charge in [0.1, 0.15) is 5.75 Å². The Balaban J connectivity index is 2.44. The van der Waals surface area contributed by atoms with Gasteiger partial charge in [0.25, 0.3) is 0 Å². The monoisotopic (exact) mass is 352 g/mol. The number of ether oxygens (including phenoxy) is 1. The lowest BCUT2D eigenvalue weighted by Crippen LogP contribution is -2.20. The molecular weight excluding hydrogens is 324 g/mol. The molecule has 0 amide bonds. The second-order valence-corrected chi connectivity index (χ2v) is 7.77. The molecule has 2 aromatic carbocycles. The summed E-state index contributed by atoms with van der Waals surface area (Å²) in [6.07, 6.45) is 0.843. The van der Waals surface area contributed by atoms with E-state index in [1.165, 1.54) is 6.92 Å². The van der Waals surface area contributed by atoms with Gasteiger partial charge in [-0.25, -0.2) is 0 Å². The van der Waals surface area contributed by atoms with E-state index in [2.05, 4.69) is 33.8 Å². The van der Waals surface area contributed by atoms with Crippen molar-refractivity contribution < 1.29 is 14.3 Å². The van der Waals surface area contributed by atoms with Crippen LogP contribution in [0.4, 0.5) is 0 Å². The molecule has 0 saturated heterocycles. The fourth-order valence-corrected chi connectivity index (χ4v) is 3.11. The van der Waals surface area contributed by atoms with E-state index >= 15 is 0 Å². The summed E-state index contributed by atoms with van der Waals surface area (Å²) in [6, 6.07) is 13.8. The Hall–Kier alpha value is -2.42. The first-order valence-electron chi connectivity index (χ1n) is 9.04. The summed E-state index contributed by atoms with van der Waals surface area (Å²) in [4.78, 5) is 22.9. The van der Waals surface area contributed by atoms with E-state index in [4.69, 9.17) is 4.74 Å². The van der Waals surface area contributed by atoms with Crippen LogP contribution in [0, 0.1) is 5.92 Å². The molecule has 0 saturated carbocycles. The lowest BCUT2D eigenvalue weighted by molar-refractivity contribution is -0.131. The standard InChI is InChI=1S/C23H28O3/c1-15(2)13-19-14-21(11-12-22(19)26-17(4)25)23(5,6)20-9-7-18(8-10-20)16(3)24/h7-12,14-15H,13H2,1-6H3. The summed E-state index contributed by atoms with van der Waals surface area (Å²) < 4.78 is 5.39. The van der Waals surface area contributed by atoms with Gasteiger partial charge in [-0.1, -0.05) is 64.1 Å². The van der Waals surface area contributed by atoms with Crippen molar-refractivity contribution >= 4 is 11.8 Å². The third-order valence-electron chi connectivity index (χ3n) is 4.68. The molecule has 0 spiro atoms. The molecule has 0 aliphatic carbocycles. The van der Waals surface area contributed by atoms with Gasteiger partial charge < -0.3 is 4.74 Å². The summed E-state index contributed by atoms with van der Waals surface area (Å²) >= 11 is 0. The van der Waals surface area contributed by atoms with Gasteiger partial charge in [0.05, 0.1) is 0 Å². The number of esters is 1. The lowest BCUT2D eigenvalue weighted by atomic mass is 9.77. The van der Waals surface area contributed by atoms with Crippen molar-refractivity contribution in [3.05, 3.63) is 64.7 Å². The van der Waals surface area contributed by atoms with E-state index in [0.29, 0.717) is 11.7 Å². The molecular formula is C23H28O3. The van der Waals surface area contributed by atoms with Gasteiger partial charge in [0.2, 0.25) is 0 Å². The topological polar surface area (TPSA) is 43.4 Å². The van der Waals surface area contributed by atoms with Gasteiger partial charge in [-0.3, -0.25) is 9.59 Å². The normalized spacial score (nSPS) is 11.5. The van der Waals surface area contributed by atoms with Crippen LogP contribution in [0.2, 0.25) is 0 Å². The second kappa shape index (κ2) is 7.86. The van der Waals surface area contributed by atoms with E-state index in [1.54, 1.807) is 6.92 Å². The number of hydrogen-bond donors (Lipinski definition) is 0. The predicted octanol–water partition coefficient (Wildman–Crippen LogP) is 5.34. The molecule has 0 aromatic heterocycles. The van der Waals surface area contributed by atoms with Crippen LogP contribution in [0.5, 0.6) is 5.75 Å². The van der Waals surface area contributed by atoms with Crippen LogP contribution in [0.3, 0.4) is 0 Å². The van der Waals surface area contributed by atoms with Gasteiger partial charge in [0, 0.05) is 17.9 Å². The Labute approximate surface area is 156 Å². The van der Waals surface area contributed by atoms with E-state index < -0.39 is 0 Å². The quantitative estimate of drug-likeness (QED) is 0.400. The minimum Gasteiger partial charge on any atom is -0.426 e. The number of Topliss-reactive ketones (excluding diaryl/α,β-unsaturated/α-hetero) is 1. The molecule has 138 valence electrons. The summed E-state index contributed by atoms with van der Waals surface area (Å²) in [5.41, 5.74) is 3.82. The van der Waals surface area contributed by atoms with Crippen LogP contribution >= 0.6 is 0 Å². The molecule has 0 aliphatic rings. The van der Waals surface area contributed by atoms with E-state index in [1.807, 2.05) is 36.4 Å². The number of carbonyl (C=O) groups excluding carboxylic acids is 2. The highest BCUT2D eigenvalue weighted by atomic mass is 16.5. The summed E-state index contributed by atoms with van der Waals surface area (Å²) in [5, 5.41) is 0. The average Bonchev–Trinajstić information content (AvgIpc) is 2.55. The van der Waals surface area contributed by atoms with Gasteiger partial charge in [-0.2, -0.15) is 0 Å². The highest BCUT2D eigenvalue weighted by Crippen LogP contribution is 2.35. The highest BCUT2D eigenvalue weighted by molar-refractivity contribution is 5.94. The zero-order valence-corrected chi connectivity index (χ0v) is 16.6. The molecule has 3 nitrogen and oxygen atoms in total. The molecule has 2 rings (SSSR count). The molecule has 2 aromatic rings. The highest BCUT2D eigenvalue weighted by Gasteiger charge is 2.24.